The summed E-state index contributed by atoms with van der Waals surface area (Å²) in [5.41, 5.74) is 2.70. The molecule has 0 aromatic heterocycles. The normalized spacial score (nSPS) is 22.3. The molecule has 116 valence electrons. The number of halogens is 1. The van der Waals surface area contributed by atoms with Gasteiger partial charge in [0.25, 0.3) is 0 Å². The van der Waals surface area contributed by atoms with E-state index < -0.39 is 0 Å². The predicted molar refractivity (Wildman–Crippen MR) is 86.7 cm³/mol. The molecular formula is C16H24ClN3O. The van der Waals surface area contributed by atoms with E-state index in [9.17, 15) is 4.79 Å². The zero-order valence-electron chi connectivity index (χ0n) is 12.5. The zero-order valence-corrected chi connectivity index (χ0v) is 13.4. The van der Waals surface area contributed by atoms with Crippen LogP contribution in [-0.2, 0) is 17.8 Å². The van der Waals surface area contributed by atoms with Crippen molar-refractivity contribution in [3.8, 4) is 0 Å². The van der Waals surface area contributed by atoms with Crippen LogP contribution in [0.2, 0.25) is 0 Å². The molecule has 1 amide bonds. The summed E-state index contributed by atoms with van der Waals surface area (Å²) in [5, 5.41) is 3.36. The van der Waals surface area contributed by atoms with Crippen LogP contribution in [0.1, 0.15) is 18.1 Å². The number of nitrogens with zero attached hydrogens (tertiary/aromatic N) is 2. The number of fused-ring (bicyclic) bond motifs is 1. The smallest absolute Gasteiger partial charge is 0.237 e. The van der Waals surface area contributed by atoms with E-state index in [0.29, 0.717) is 12.6 Å². The van der Waals surface area contributed by atoms with Crippen LogP contribution in [-0.4, -0.2) is 54.5 Å². The summed E-state index contributed by atoms with van der Waals surface area (Å²) in [5.74, 6) is 0.272. The van der Waals surface area contributed by atoms with Crippen LogP contribution in [0.25, 0.3) is 0 Å². The minimum Gasteiger partial charge on any atom is -0.337 e. The van der Waals surface area contributed by atoms with Crippen LogP contribution in [0.3, 0.4) is 0 Å². The molecule has 0 bridgehead atoms. The number of benzene rings is 1. The van der Waals surface area contributed by atoms with E-state index in [1.807, 2.05) is 4.90 Å². The standard InChI is InChI=1S/C16H23N3O.ClH/c1-13-10-17-7-9-18(13)12-16(20)19-8-6-14-4-2-3-5-15(14)11-19;/h2-5,13,17H,6-12H2,1H3;1H/t13-;/m0./s1. The summed E-state index contributed by atoms with van der Waals surface area (Å²) < 4.78 is 0. The van der Waals surface area contributed by atoms with Crippen LogP contribution >= 0.6 is 12.4 Å². The quantitative estimate of drug-likeness (QED) is 0.894. The third-order valence-electron chi connectivity index (χ3n) is 4.46. The van der Waals surface area contributed by atoms with Gasteiger partial charge in [-0.3, -0.25) is 9.69 Å². The first-order chi connectivity index (χ1) is 9.74. The Labute approximate surface area is 132 Å². The molecule has 4 nitrogen and oxygen atoms in total. The first-order valence-electron chi connectivity index (χ1n) is 7.53. The maximum absolute atomic E-state index is 12.5. The first-order valence-corrected chi connectivity index (χ1v) is 7.53. The average molecular weight is 310 g/mol. The lowest BCUT2D eigenvalue weighted by Gasteiger charge is -2.36. The van der Waals surface area contributed by atoms with Crippen molar-refractivity contribution in [2.45, 2.75) is 25.9 Å². The van der Waals surface area contributed by atoms with E-state index in [1.165, 1.54) is 11.1 Å². The maximum Gasteiger partial charge on any atom is 0.237 e. The van der Waals surface area contributed by atoms with Crippen LogP contribution in [0.5, 0.6) is 0 Å². The topological polar surface area (TPSA) is 35.6 Å². The highest BCUT2D eigenvalue weighted by molar-refractivity contribution is 5.85. The Balaban J connectivity index is 0.00000161. The van der Waals surface area contributed by atoms with Crippen molar-refractivity contribution in [3.05, 3.63) is 35.4 Å². The number of carbonyl (C=O) groups excluding carboxylic acids is 1. The molecule has 0 aliphatic carbocycles. The molecule has 1 aromatic carbocycles. The van der Waals surface area contributed by atoms with E-state index in [1.54, 1.807) is 0 Å². The fourth-order valence-corrected chi connectivity index (χ4v) is 3.10. The molecule has 21 heavy (non-hydrogen) atoms. The van der Waals surface area contributed by atoms with Gasteiger partial charge in [-0.05, 0) is 24.5 Å². The summed E-state index contributed by atoms with van der Waals surface area (Å²) in [6.45, 7) is 7.32. The van der Waals surface area contributed by atoms with Gasteiger partial charge >= 0.3 is 0 Å². The van der Waals surface area contributed by atoms with Crippen LogP contribution in [0, 0.1) is 0 Å². The number of piperazine rings is 1. The second kappa shape index (κ2) is 7.25. The third kappa shape index (κ3) is 3.76. The first kappa shape index (κ1) is 16.3. The lowest BCUT2D eigenvalue weighted by molar-refractivity contribution is -0.134. The fourth-order valence-electron chi connectivity index (χ4n) is 3.10. The highest BCUT2D eigenvalue weighted by Gasteiger charge is 2.25. The summed E-state index contributed by atoms with van der Waals surface area (Å²) >= 11 is 0. The lowest BCUT2D eigenvalue weighted by atomic mass is 10.00. The summed E-state index contributed by atoms with van der Waals surface area (Å²) in [4.78, 5) is 16.8. The van der Waals surface area contributed by atoms with Gasteiger partial charge in [0.15, 0.2) is 0 Å². The van der Waals surface area contributed by atoms with Crippen LogP contribution in [0.4, 0.5) is 0 Å². The van der Waals surface area contributed by atoms with Gasteiger partial charge in [0.1, 0.15) is 0 Å². The minimum atomic E-state index is 0. The van der Waals surface area contributed by atoms with Gasteiger partial charge in [0.05, 0.1) is 6.54 Å². The van der Waals surface area contributed by atoms with Crippen molar-refractivity contribution in [1.29, 1.82) is 0 Å². The predicted octanol–water partition coefficient (Wildman–Crippen LogP) is 1.29. The van der Waals surface area contributed by atoms with E-state index in [0.717, 1.165) is 39.1 Å². The molecular weight excluding hydrogens is 286 g/mol. The molecule has 2 aliphatic rings. The highest BCUT2D eigenvalue weighted by Crippen LogP contribution is 2.18. The van der Waals surface area contributed by atoms with Crippen molar-refractivity contribution in [2.24, 2.45) is 0 Å². The molecule has 0 spiro atoms. The Morgan fingerprint density at radius 3 is 2.81 bits per heavy atom. The van der Waals surface area contributed by atoms with Crippen molar-refractivity contribution in [1.82, 2.24) is 15.1 Å². The number of rotatable bonds is 2. The third-order valence-corrected chi connectivity index (χ3v) is 4.46. The van der Waals surface area contributed by atoms with Gasteiger partial charge < -0.3 is 10.2 Å². The number of hydrogen-bond acceptors (Lipinski definition) is 3. The number of hydrogen-bond donors (Lipinski definition) is 1. The minimum absolute atomic E-state index is 0. The van der Waals surface area contributed by atoms with E-state index in [-0.39, 0.29) is 18.3 Å². The molecule has 2 aliphatic heterocycles. The molecule has 2 heterocycles. The highest BCUT2D eigenvalue weighted by atomic mass is 35.5. The summed E-state index contributed by atoms with van der Waals surface area (Å²) in [6, 6.07) is 8.91. The molecule has 1 atom stereocenters. The second-order valence-electron chi connectivity index (χ2n) is 5.86. The van der Waals surface area contributed by atoms with E-state index in [2.05, 4.69) is 41.4 Å². The monoisotopic (exact) mass is 309 g/mol. The number of nitrogens with one attached hydrogen (secondary N) is 1. The molecule has 1 N–H and O–H groups in total. The van der Waals surface area contributed by atoms with Gasteiger partial charge in [0, 0.05) is 38.8 Å². The number of amides is 1. The Morgan fingerprint density at radius 2 is 2.05 bits per heavy atom. The lowest BCUT2D eigenvalue weighted by Crippen LogP contribution is -2.53. The average Bonchev–Trinajstić information content (AvgIpc) is 2.49. The molecule has 0 radical (unpaired) electrons. The van der Waals surface area contributed by atoms with Crippen molar-refractivity contribution < 1.29 is 4.79 Å². The van der Waals surface area contributed by atoms with E-state index in [4.69, 9.17) is 0 Å². The zero-order chi connectivity index (χ0) is 13.9. The maximum atomic E-state index is 12.5. The van der Waals surface area contributed by atoms with Gasteiger partial charge in [-0.1, -0.05) is 24.3 Å². The molecule has 1 fully saturated rings. The molecule has 1 aromatic rings. The molecule has 3 rings (SSSR count). The Morgan fingerprint density at radius 1 is 1.29 bits per heavy atom. The molecule has 0 saturated carbocycles. The Kier molecular flexibility index (Phi) is 5.62. The van der Waals surface area contributed by atoms with Crippen molar-refractivity contribution in [3.63, 3.8) is 0 Å². The van der Waals surface area contributed by atoms with E-state index >= 15 is 0 Å². The second-order valence-corrected chi connectivity index (χ2v) is 5.86. The van der Waals surface area contributed by atoms with Gasteiger partial charge in [0.2, 0.25) is 5.91 Å². The summed E-state index contributed by atoms with van der Waals surface area (Å²) in [7, 11) is 0. The van der Waals surface area contributed by atoms with Crippen molar-refractivity contribution in [2.75, 3.05) is 32.7 Å². The van der Waals surface area contributed by atoms with Crippen LogP contribution < -0.4 is 5.32 Å². The van der Waals surface area contributed by atoms with Gasteiger partial charge in [-0.25, -0.2) is 0 Å². The molecule has 0 unspecified atom stereocenters. The largest absolute Gasteiger partial charge is 0.337 e. The Bertz CT molecular complexity index is 494. The van der Waals surface area contributed by atoms with Crippen LogP contribution in [0.15, 0.2) is 24.3 Å². The molecule has 1 saturated heterocycles. The number of carbonyl (C=O) groups is 1. The van der Waals surface area contributed by atoms with Gasteiger partial charge in [-0.2, -0.15) is 0 Å². The van der Waals surface area contributed by atoms with Crippen molar-refractivity contribution >= 4 is 18.3 Å². The fraction of sp³-hybridized carbons (Fsp3) is 0.562. The Hall–Kier alpha value is -1.10. The molecule has 5 heteroatoms. The van der Waals surface area contributed by atoms with Gasteiger partial charge in [-0.15, -0.1) is 12.4 Å². The summed E-state index contributed by atoms with van der Waals surface area (Å²) in [6.07, 6.45) is 0.985. The SMILES string of the molecule is C[C@H]1CNCCN1CC(=O)N1CCc2ccccc2C1.Cl.